The molecule has 0 aliphatic heterocycles. The van der Waals surface area contributed by atoms with E-state index in [0.29, 0.717) is 18.1 Å². The minimum absolute atomic E-state index is 0.177. The van der Waals surface area contributed by atoms with Crippen molar-refractivity contribution in [1.82, 2.24) is 4.90 Å². The van der Waals surface area contributed by atoms with Crippen molar-refractivity contribution in [1.29, 1.82) is 0 Å². The van der Waals surface area contributed by atoms with Gasteiger partial charge in [-0.25, -0.2) is 4.39 Å². The molecule has 1 unspecified atom stereocenters. The van der Waals surface area contributed by atoms with Crippen molar-refractivity contribution in [3.63, 3.8) is 0 Å². The lowest BCUT2D eigenvalue weighted by Crippen LogP contribution is -2.39. The van der Waals surface area contributed by atoms with E-state index in [-0.39, 0.29) is 16.1 Å². The van der Waals surface area contributed by atoms with Crippen LogP contribution in [0.5, 0.6) is 11.5 Å². The highest BCUT2D eigenvalue weighted by Gasteiger charge is 2.29. The van der Waals surface area contributed by atoms with E-state index in [1.54, 1.807) is 0 Å². The van der Waals surface area contributed by atoms with E-state index in [1.165, 1.54) is 44.5 Å². The van der Waals surface area contributed by atoms with Gasteiger partial charge in [0.2, 0.25) is 5.91 Å². The molecule has 0 saturated heterocycles. The zero-order valence-electron chi connectivity index (χ0n) is 15.9. The zero-order chi connectivity index (χ0) is 20.8. The third kappa shape index (κ3) is 4.72. The highest BCUT2D eigenvalue weighted by molar-refractivity contribution is 6.32. The van der Waals surface area contributed by atoms with Crippen molar-refractivity contribution >= 4 is 23.4 Å². The quantitative estimate of drug-likeness (QED) is 0.723. The molecule has 2 rings (SSSR count). The number of ether oxygens (including phenoxy) is 2. The van der Waals surface area contributed by atoms with Gasteiger partial charge >= 0.3 is 0 Å². The van der Waals surface area contributed by atoms with Crippen LogP contribution in [0.4, 0.5) is 4.39 Å². The van der Waals surface area contributed by atoms with Crippen molar-refractivity contribution in [2.75, 3.05) is 20.8 Å². The Kier molecular flexibility index (Phi) is 7.23. The fourth-order valence-corrected chi connectivity index (χ4v) is 3.03. The van der Waals surface area contributed by atoms with Gasteiger partial charge in [0.1, 0.15) is 11.9 Å². The summed E-state index contributed by atoms with van der Waals surface area (Å²) in [6, 6.07) is 7.12. The van der Waals surface area contributed by atoms with Crippen LogP contribution in [-0.2, 0) is 4.79 Å². The second kappa shape index (κ2) is 9.41. The van der Waals surface area contributed by atoms with Crippen LogP contribution >= 0.6 is 11.6 Å². The van der Waals surface area contributed by atoms with Gasteiger partial charge in [0.25, 0.3) is 5.91 Å². The Bertz CT molecular complexity index is 875. The predicted molar refractivity (Wildman–Crippen MR) is 104 cm³/mol. The Hall–Kier alpha value is -2.80. The molecule has 0 aliphatic carbocycles. The lowest BCUT2D eigenvalue weighted by Gasteiger charge is -2.26. The van der Waals surface area contributed by atoms with E-state index in [0.717, 1.165) is 17.4 Å². The molecular formula is C20H22ClFN2O4. The number of amides is 2. The summed E-state index contributed by atoms with van der Waals surface area (Å²) in [7, 11) is 2.84. The Morgan fingerprint density at radius 2 is 2.00 bits per heavy atom. The first-order valence-corrected chi connectivity index (χ1v) is 9.00. The molecule has 0 aliphatic rings. The summed E-state index contributed by atoms with van der Waals surface area (Å²) in [6.45, 7) is 2.39. The summed E-state index contributed by atoms with van der Waals surface area (Å²) in [5, 5.41) is 0.200. The maximum Gasteiger partial charge on any atom is 0.254 e. The molecule has 0 fully saturated rings. The highest BCUT2D eigenvalue weighted by Crippen LogP contribution is 2.37. The molecule has 0 saturated carbocycles. The average Bonchev–Trinajstić information content (AvgIpc) is 2.65. The number of primary amides is 1. The smallest absolute Gasteiger partial charge is 0.254 e. The summed E-state index contributed by atoms with van der Waals surface area (Å²) in [6.07, 6.45) is 0.775. The van der Waals surface area contributed by atoms with Crippen molar-refractivity contribution in [2.45, 2.75) is 19.4 Å². The number of nitrogens with zero attached hydrogens (tertiary/aromatic N) is 1. The number of likely N-dealkylation sites (N-methyl/N-ethyl adjacent to an activating group) is 1. The zero-order valence-corrected chi connectivity index (χ0v) is 16.6. The summed E-state index contributed by atoms with van der Waals surface area (Å²) in [4.78, 5) is 26.1. The number of methoxy groups -OCH3 is 1. The van der Waals surface area contributed by atoms with Gasteiger partial charge in [-0.2, -0.15) is 0 Å². The molecule has 2 aromatic carbocycles. The van der Waals surface area contributed by atoms with Gasteiger partial charge in [-0.3, -0.25) is 9.59 Å². The van der Waals surface area contributed by atoms with E-state index in [4.69, 9.17) is 26.8 Å². The van der Waals surface area contributed by atoms with Gasteiger partial charge in [-0.15, -0.1) is 0 Å². The van der Waals surface area contributed by atoms with Gasteiger partial charge in [0.05, 0.1) is 18.7 Å². The number of rotatable bonds is 8. The van der Waals surface area contributed by atoms with Crippen LogP contribution < -0.4 is 15.2 Å². The fraction of sp³-hybridized carbons (Fsp3) is 0.300. The molecule has 2 N–H and O–H groups in total. The highest BCUT2D eigenvalue weighted by atomic mass is 35.5. The maximum atomic E-state index is 13.6. The Morgan fingerprint density at radius 3 is 2.57 bits per heavy atom. The molecule has 6 nitrogen and oxygen atoms in total. The minimum atomic E-state index is -1.15. The SMILES string of the molecule is CCCOc1c(Cl)cc(C(=O)N(C)C(C(N)=O)c2cccc(F)c2)cc1OC. The maximum absolute atomic E-state index is 13.6. The first kappa shape index (κ1) is 21.5. The molecule has 8 heteroatoms. The standard InChI is InChI=1S/C20H22ClFN2O4/c1-4-8-28-18-15(21)10-13(11-16(18)27-3)20(26)24(2)17(19(23)25)12-6-5-7-14(22)9-12/h5-7,9-11,17H,4,8H2,1-3H3,(H2,23,25). The lowest BCUT2D eigenvalue weighted by molar-refractivity contribution is -0.122. The Morgan fingerprint density at radius 1 is 1.29 bits per heavy atom. The van der Waals surface area contributed by atoms with E-state index < -0.39 is 23.7 Å². The molecule has 0 bridgehead atoms. The van der Waals surface area contributed by atoms with E-state index in [9.17, 15) is 14.0 Å². The van der Waals surface area contributed by atoms with Gasteiger partial charge in [-0.05, 0) is 36.2 Å². The van der Waals surface area contributed by atoms with Crippen LogP contribution in [0.1, 0.15) is 35.3 Å². The Labute approximate surface area is 168 Å². The number of hydrogen-bond donors (Lipinski definition) is 1. The summed E-state index contributed by atoms with van der Waals surface area (Å²) in [5.41, 5.74) is 5.92. The summed E-state index contributed by atoms with van der Waals surface area (Å²) in [5.74, 6) is -1.23. The number of halogens is 2. The topological polar surface area (TPSA) is 81.9 Å². The molecule has 2 aromatic rings. The van der Waals surface area contributed by atoms with E-state index in [2.05, 4.69) is 0 Å². The molecule has 0 spiro atoms. The van der Waals surface area contributed by atoms with Gasteiger partial charge in [-0.1, -0.05) is 30.7 Å². The molecule has 0 radical (unpaired) electrons. The molecular weight excluding hydrogens is 387 g/mol. The van der Waals surface area contributed by atoms with Crippen LogP contribution in [0.3, 0.4) is 0 Å². The first-order chi connectivity index (χ1) is 13.3. The molecule has 2 amide bonds. The number of benzene rings is 2. The number of carbonyl (C=O) groups is 2. The molecule has 1 atom stereocenters. The minimum Gasteiger partial charge on any atom is -0.493 e. The molecule has 28 heavy (non-hydrogen) atoms. The first-order valence-electron chi connectivity index (χ1n) is 8.62. The third-order valence-electron chi connectivity index (χ3n) is 4.07. The second-order valence-electron chi connectivity index (χ2n) is 6.11. The second-order valence-corrected chi connectivity index (χ2v) is 6.52. The van der Waals surface area contributed by atoms with E-state index >= 15 is 0 Å². The molecule has 0 heterocycles. The van der Waals surface area contributed by atoms with Crippen LogP contribution in [0.2, 0.25) is 5.02 Å². The van der Waals surface area contributed by atoms with Crippen molar-refractivity contribution in [3.8, 4) is 11.5 Å². The van der Waals surface area contributed by atoms with Crippen molar-refractivity contribution in [3.05, 3.63) is 58.4 Å². The monoisotopic (exact) mass is 408 g/mol. The van der Waals surface area contributed by atoms with Crippen LogP contribution in [0, 0.1) is 5.82 Å². The fourth-order valence-electron chi connectivity index (χ4n) is 2.76. The lowest BCUT2D eigenvalue weighted by atomic mass is 10.0. The largest absolute Gasteiger partial charge is 0.493 e. The molecule has 0 aromatic heterocycles. The van der Waals surface area contributed by atoms with Crippen molar-refractivity contribution in [2.24, 2.45) is 5.73 Å². The third-order valence-corrected chi connectivity index (χ3v) is 4.35. The summed E-state index contributed by atoms with van der Waals surface area (Å²) < 4.78 is 24.4. The molecule has 150 valence electrons. The number of nitrogens with two attached hydrogens (primary N) is 1. The average molecular weight is 409 g/mol. The van der Waals surface area contributed by atoms with Gasteiger partial charge in [0.15, 0.2) is 11.5 Å². The summed E-state index contributed by atoms with van der Waals surface area (Å²) >= 11 is 6.26. The van der Waals surface area contributed by atoms with Crippen molar-refractivity contribution < 1.29 is 23.5 Å². The van der Waals surface area contributed by atoms with E-state index in [1.807, 2.05) is 6.92 Å². The predicted octanol–water partition coefficient (Wildman–Crippen LogP) is 3.58. The number of carbonyl (C=O) groups excluding carboxylic acids is 2. The number of hydrogen-bond acceptors (Lipinski definition) is 4. The van der Waals surface area contributed by atoms with Gasteiger partial charge < -0.3 is 20.1 Å². The van der Waals surface area contributed by atoms with Crippen LogP contribution in [-0.4, -0.2) is 37.5 Å². The Balaban J connectivity index is 2.40. The normalized spacial score (nSPS) is 11.6. The van der Waals surface area contributed by atoms with Gasteiger partial charge in [0, 0.05) is 12.6 Å². The van der Waals surface area contributed by atoms with Crippen LogP contribution in [0.25, 0.3) is 0 Å². The van der Waals surface area contributed by atoms with Crippen LogP contribution in [0.15, 0.2) is 36.4 Å².